The Labute approximate surface area is 171 Å². The van der Waals surface area contributed by atoms with Gasteiger partial charge >= 0.3 is 7.82 Å². The maximum atomic E-state index is 13.4. The highest BCUT2D eigenvalue weighted by Gasteiger charge is 2.54. The maximum Gasteiger partial charge on any atom is 0.477 e. The normalized spacial score (nSPS) is 23.9. The van der Waals surface area contributed by atoms with Crippen molar-refractivity contribution >= 4 is 7.82 Å². The average Bonchev–Trinajstić information content (AvgIpc) is 2.95. The highest BCUT2D eigenvalue weighted by Crippen LogP contribution is 2.55. The van der Waals surface area contributed by atoms with Crippen LogP contribution in [0.25, 0.3) is 0 Å². The third kappa shape index (κ3) is 5.96. The Morgan fingerprint density at radius 3 is 1.86 bits per heavy atom. The molecule has 1 saturated heterocycles. The molecule has 0 radical (unpaired) electrons. The summed E-state index contributed by atoms with van der Waals surface area (Å²) in [5.41, 5.74) is 0.410. The largest absolute Gasteiger partial charge is 0.477 e. The molecule has 1 heterocycles. The van der Waals surface area contributed by atoms with E-state index in [0.29, 0.717) is 0 Å². The van der Waals surface area contributed by atoms with Crippen LogP contribution in [0.15, 0.2) is 60.7 Å². The van der Waals surface area contributed by atoms with Gasteiger partial charge < -0.3 is 14.6 Å². The minimum absolute atomic E-state index is 0.0275. The van der Waals surface area contributed by atoms with Crippen LogP contribution in [0.1, 0.15) is 31.9 Å². The van der Waals surface area contributed by atoms with E-state index in [0.717, 1.165) is 11.1 Å². The standard InChI is InChI=1S/C21H27O7P/c1-20(2)26-19(21(3,16-22)28-20)27-29(23,24-14-17-10-6-4-7-11-17)25-15-18-12-8-5-9-13-18/h4-13,19,22H,14-16H2,1-3H3/t19-,21+/m1/s1. The van der Waals surface area contributed by atoms with E-state index < -0.39 is 32.1 Å². The zero-order chi connectivity index (χ0) is 21.0. The molecule has 2 aromatic rings. The molecule has 8 heteroatoms. The van der Waals surface area contributed by atoms with Crippen molar-refractivity contribution in [2.24, 2.45) is 0 Å². The smallest absolute Gasteiger partial charge is 0.393 e. The number of rotatable bonds is 9. The van der Waals surface area contributed by atoms with Gasteiger partial charge in [-0.05, 0) is 31.9 Å². The first-order valence-electron chi connectivity index (χ1n) is 9.38. The van der Waals surface area contributed by atoms with E-state index in [4.69, 9.17) is 23.0 Å². The van der Waals surface area contributed by atoms with Gasteiger partial charge in [-0.1, -0.05) is 60.7 Å². The molecule has 0 spiro atoms. The minimum atomic E-state index is -4.07. The van der Waals surface area contributed by atoms with Crippen molar-refractivity contribution < 1.29 is 32.7 Å². The van der Waals surface area contributed by atoms with Crippen LogP contribution in [0, 0.1) is 0 Å². The van der Waals surface area contributed by atoms with Crippen molar-refractivity contribution in [1.29, 1.82) is 0 Å². The second-order valence-corrected chi connectivity index (χ2v) is 9.11. The van der Waals surface area contributed by atoms with E-state index in [-0.39, 0.29) is 13.2 Å². The lowest BCUT2D eigenvalue weighted by atomic mass is 10.1. The van der Waals surface area contributed by atoms with Crippen LogP contribution in [0.4, 0.5) is 0 Å². The predicted octanol–water partition coefficient (Wildman–Crippen LogP) is 4.40. The lowest BCUT2D eigenvalue weighted by Crippen LogP contribution is -2.42. The molecule has 0 aliphatic carbocycles. The molecule has 1 aliphatic heterocycles. The SMILES string of the molecule is CC1(C)O[C@H](OP(=O)(OCc2ccccc2)OCc2ccccc2)[C@](C)(CO)O1. The summed E-state index contributed by atoms with van der Waals surface area (Å²) in [6.45, 7) is 4.65. The molecular formula is C21H27O7P. The number of aliphatic hydroxyl groups is 1. The molecule has 0 aromatic heterocycles. The highest BCUT2D eigenvalue weighted by atomic mass is 31.2. The summed E-state index contributed by atoms with van der Waals surface area (Å²) in [6.07, 6.45) is -1.14. The lowest BCUT2D eigenvalue weighted by Gasteiger charge is -2.28. The van der Waals surface area contributed by atoms with Gasteiger partial charge in [-0.2, -0.15) is 0 Å². The Morgan fingerprint density at radius 1 is 0.931 bits per heavy atom. The van der Waals surface area contributed by atoms with E-state index in [1.54, 1.807) is 20.8 Å². The third-order valence-corrected chi connectivity index (χ3v) is 5.71. The summed E-state index contributed by atoms with van der Waals surface area (Å²) >= 11 is 0. The molecule has 1 fully saturated rings. The number of ether oxygens (including phenoxy) is 2. The van der Waals surface area contributed by atoms with E-state index in [1.165, 1.54) is 0 Å². The Hall–Kier alpha value is -1.57. The Bertz CT molecular complexity index is 780. The van der Waals surface area contributed by atoms with Crippen LogP contribution in [0.5, 0.6) is 0 Å². The first-order chi connectivity index (χ1) is 13.7. The van der Waals surface area contributed by atoms with Crippen LogP contribution >= 0.6 is 7.82 Å². The fraction of sp³-hybridized carbons (Fsp3) is 0.429. The highest BCUT2D eigenvalue weighted by molar-refractivity contribution is 7.48. The number of hydrogen-bond donors (Lipinski definition) is 1. The number of hydrogen-bond acceptors (Lipinski definition) is 7. The van der Waals surface area contributed by atoms with Gasteiger partial charge in [0.1, 0.15) is 5.60 Å². The van der Waals surface area contributed by atoms with Crippen LogP contribution in [0.3, 0.4) is 0 Å². The Morgan fingerprint density at radius 2 is 1.41 bits per heavy atom. The van der Waals surface area contributed by atoms with Gasteiger partial charge in [0, 0.05) is 0 Å². The molecule has 2 atom stereocenters. The molecule has 29 heavy (non-hydrogen) atoms. The molecule has 3 rings (SSSR count). The van der Waals surface area contributed by atoms with E-state index >= 15 is 0 Å². The molecule has 2 aromatic carbocycles. The van der Waals surface area contributed by atoms with E-state index in [1.807, 2.05) is 60.7 Å². The second kappa shape index (κ2) is 9.06. The predicted molar refractivity (Wildman–Crippen MR) is 107 cm³/mol. The molecule has 0 saturated carbocycles. The van der Waals surface area contributed by atoms with Crippen molar-refractivity contribution in [3.63, 3.8) is 0 Å². The van der Waals surface area contributed by atoms with Crippen LogP contribution in [0.2, 0.25) is 0 Å². The van der Waals surface area contributed by atoms with Gasteiger partial charge in [-0.3, -0.25) is 13.6 Å². The van der Waals surface area contributed by atoms with E-state index in [9.17, 15) is 9.67 Å². The Kier molecular flexibility index (Phi) is 6.91. The number of phosphoric ester groups is 1. The summed E-state index contributed by atoms with van der Waals surface area (Å²) in [5.74, 6) is -1.02. The first-order valence-corrected chi connectivity index (χ1v) is 10.8. The molecule has 158 valence electrons. The first kappa shape index (κ1) is 22.1. The van der Waals surface area contributed by atoms with Gasteiger partial charge in [0.15, 0.2) is 5.79 Å². The molecule has 7 nitrogen and oxygen atoms in total. The maximum absolute atomic E-state index is 13.4. The molecule has 0 unspecified atom stereocenters. The van der Waals surface area contributed by atoms with Crippen LogP contribution < -0.4 is 0 Å². The summed E-state index contributed by atoms with van der Waals surface area (Å²) in [6, 6.07) is 18.6. The molecule has 0 bridgehead atoms. The number of aliphatic hydroxyl groups excluding tert-OH is 1. The summed E-state index contributed by atoms with van der Waals surface area (Å²) in [5, 5.41) is 9.78. The van der Waals surface area contributed by atoms with Crippen molar-refractivity contribution in [1.82, 2.24) is 0 Å². The fourth-order valence-electron chi connectivity index (χ4n) is 2.93. The molecular weight excluding hydrogens is 395 g/mol. The van der Waals surface area contributed by atoms with Crippen molar-refractivity contribution in [3.05, 3.63) is 71.8 Å². The Balaban J connectivity index is 1.76. The lowest BCUT2D eigenvalue weighted by molar-refractivity contribution is -0.176. The van der Waals surface area contributed by atoms with Crippen molar-refractivity contribution in [3.8, 4) is 0 Å². The number of phosphoric acid groups is 1. The zero-order valence-corrected chi connectivity index (χ0v) is 17.7. The average molecular weight is 422 g/mol. The zero-order valence-electron chi connectivity index (χ0n) is 16.8. The minimum Gasteiger partial charge on any atom is -0.393 e. The summed E-state index contributed by atoms with van der Waals surface area (Å²) < 4.78 is 41.8. The van der Waals surface area contributed by atoms with Gasteiger partial charge in [0.2, 0.25) is 6.29 Å². The quantitative estimate of drug-likeness (QED) is 0.600. The van der Waals surface area contributed by atoms with Crippen LogP contribution in [-0.4, -0.2) is 29.4 Å². The molecule has 1 N–H and O–H groups in total. The molecule has 0 amide bonds. The van der Waals surface area contributed by atoms with Gasteiger partial charge in [-0.25, -0.2) is 4.57 Å². The van der Waals surface area contributed by atoms with Gasteiger partial charge in [0.05, 0.1) is 19.8 Å². The van der Waals surface area contributed by atoms with Crippen LogP contribution in [-0.2, 0) is 40.8 Å². The van der Waals surface area contributed by atoms with E-state index in [2.05, 4.69) is 0 Å². The fourth-order valence-corrected chi connectivity index (χ4v) is 4.24. The monoisotopic (exact) mass is 422 g/mol. The van der Waals surface area contributed by atoms with Crippen molar-refractivity contribution in [2.45, 2.75) is 51.7 Å². The second-order valence-electron chi connectivity index (χ2n) is 7.49. The topological polar surface area (TPSA) is 83.5 Å². The number of benzene rings is 2. The van der Waals surface area contributed by atoms with Crippen molar-refractivity contribution in [2.75, 3.05) is 6.61 Å². The summed E-state index contributed by atoms with van der Waals surface area (Å²) in [4.78, 5) is 0. The van der Waals surface area contributed by atoms with Gasteiger partial charge in [-0.15, -0.1) is 0 Å². The van der Waals surface area contributed by atoms with Gasteiger partial charge in [0.25, 0.3) is 0 Å². The summed E-state index contributed by atoms with van der Waals surface area (Å²) in [7, 11) is -4.07. The molecule has 1 aliphatic rings. The third-order valence-electron chi connectivity index (χ3n) is 4.37.